The highest BCUT2D eigenvalue weighted by atomic mass is 19.2. The Morgan fingerprint density at radius 3 is 2.54 bits per heavy atom. The van der Waals surface area contributed by atoms with Gasteiger partial charge in [0, 0.05) is 11.3 Å². The molecule has 1 saturated carbocycles. The smallest absolute Gasteiger partial charge is 0.228 e. The van der Waals surface area contributed by atoms with Crippen molar-refractivity contribution in [3.8, 4) is 11.1 Å². The molecule has 122 valence electrons. The highest BCUT2D eigenvalue weighted by Crippen LogP contribution is 2.30. The number of carbonyl (C=O) groups excluding carboxylic acids is 1. The van der Waals surface area contributed by atoms with Gasteiger partial charge in [0.2, 0.25) is 5.91 Å². The Hall–Kier alpha value is -2.76. The summed E-state index contributed by atoms with van der Waals surface area (Å²) in [4.78, 5) is 12.1. The first-order valence-corrected chi connectivity index (χ1v) is 7.86. The van der Waals surface area contributed by atoms with Crippen molar-refractivity contribution in [2.24, 2.45) is 5.92 Å². The van der Waals surface area contributed by atoms with E-state index in [4.69, 9.17) is 0 Å². The topological polar surface area (TPSA) is 57.8 Å². The van der Waals surface area contributed by atoms with E-state index >= 15 is 0 Å². The number of nitrogens with one attached hydrogen (secondary N) is 2. The molecule has 2 aromatic carbocycles. The fourth-order valence-electron chi connectivity index (χ4n) is 2.86. The minimum atomic E-state index is -0.884. The van der Waals surface area contributed by atoms with Gasteiger partial charge < -0.3 is 5.32 Å². The third-order valence-corrected chi connectivity index (χ3v) is 4.53. The number of halogens is 2. The van der Waals surface area contributed by atoms with Crippen LogP contribution < -0.4 is 5.32 Å². The molecule has 1 aliphatic rings. The van der Waals surface area contributed by atoms with Crippen LogP contribution >= 0.6 is 0 Å². The number of nitrogens with zero attached hydrogens (tertiary/aromatic N) is 1. The van der Waals surface area contributed by atoms with Gasteiger partial charge in [-0.2, -0.15) is 5.10 Å². The van der Waals surface area contributed by atoms with Crippen molar-refractivity contribution < 1.29 is 13.6 Å². The van der Waals surface area contributed by atoms with Crippen LogP contribution in [0.2, 0.25) is 0 Å². The molecule has 1 fully saturated rings. The summed E-state index contributed by atoms with van der Waals surface area (Å²) in [7, 11) is 0. The number of rotatable bonds is 3. The first-order chi connectivity index (χ1) is 11.6. The lowest BCUT2D eigenvalue weighted by Gasteiger charge is -2.23. The van der Waals surface area contributed by atoms with E-state index in [1.807, 2.05) is 6.07 Å². The van der Waals surface area contributed by atoms with Gasteiger partial charge >= 0.3 is 0 Å². The Kier molecular flexibility index (Phi) is 3.52. The monoisotopic (exact) mass is 327 g/mol. The number of benzene rings is 2. The Morgan fingerprint density at radius 1 is 1.08 bits per heavy atom. The number of carbonyl (C=O) groups is 1. The molecule has 0 radical (unpaired) electrons. The number of hydrogen-bond donors (Lipinski definition) is 2. The van der Waals surface area contributed by atoms with Crippen molar-refractivity contribution in [1.82, 2.24) is 10.2 Å². The molecule has 1 heterocycles. The first kappa shape index (κ1) is 14.8. The van der Waals surface area contributed by atoms with Gasteiger partial charge in [0.15, 0.2) is 17.5 Å². The van der Waals surface area contributed by atoms with Gasteiger partial charge in [0.1, 0.15) is 0 Å². The molecule has 0 bridgehead atoms. The number of aromatic nitrogens is 2. The number of aromatic amines is 1. The summed E-state index contributed by atoms with van der Waals surface area (Å²) in [5.41, 5.74) is 2.04. The zero-order valence-electron chi connectivity index (χ0n) is 12.8. The summed E-state index contributed by atoms with van der Waals surface area (Å²) in [5.74, 6) is -1.18. The van der Waals surface area contributed by atoms with Gasteiger partial charge in [-0.3, -0.25) is 9.89 Å². The minimum absolute atomic E-state index is 0.000618. The van der Waals surface area contributed by atoms with Crippen molar-refractivity contribution in [1.29, 1.82) is 0 Å². The predicted octanol–water partition coefficient (Wildman–Crippen LogP) is 4.25. The molecule has 6 heteroatoms. The third kappa shape index (κ3) is 2.54. The zero-order valence-corrected chi connectivity index (χ0v) is 12.8. The molecular weight excluding hydrogens is 312 g/mol. The van der Waals surface area contributed by atoms with E-state index in [0.717, 1.165) is 47.9 Å². The van der Waals surface area contributed by atoms with Crippen LogP contribution in [0.15, 0.2) is 36.4 Å². The maximum absolute atomic E-state index is 13.4. The van der Waals surface area contributed by atoms with Gasteiger partial charge in [-0.15, -0.1) is 0 Å². The fraction of sp³-hybridized carbons (Fsp3) is 0.222. The Labute approximate surface area is 136 Å². The van der Waals surface area contributed by atoms with E-state index in [-0.39, 0.29) is 11.8 Å². The molecule has 1 amide bonds. The minimum Gasteiger partial charge on any atom is -0.308 e. The summed E-state index contributed by atoms with van der Waals surface area (Å²) < 4.78 is 26.5. The van der Waals surface area contributed by atoms with E-state index in [1.165, 1.54) is 6.07 Å². The second kappa shape index (κ2) is 5.70. The average Bonchev–Trinajstić information content (AvgIpc) is 2.90. The van der Waals surface area contributed by atoms with Crippen LogP contribution in [0.5, 0.6) is 0 Å². The van der Waals surface area contributed by atoms with E-state index < -0.39 is 11.6 Å². The lowest BCUT2D eigenvalue weighted by atomic mass is 9.85. The van der Waals surface area contributed by atoms with Gasteiger partial charge in [-0.1, -0.05) is 18.6 Å². The Morgan fingerprint density at radius 2 is 1.83 bits per heavy atom. The summed E-state index contributed by atoms with van der Waals surface area (Å²) in [6, 6.07) is 9.19. The average molecular weight is 327 g/mol. The van der Waals surface area contributed by atoms with Gasteiger partial charge in [0.25, 0.3) is 0 Å². The molecule has 2 N–H and O–H groups in total. The molecule has 4 nitrogen and oxygen atoms in total. The normalized spacial score (nSPS) is 14.6. The maximum Gasteiger partial charge on any atom is 0.228 e. The van der Waals surface area contributed by atoms with Crippen LogP contribution in [-0.4, -0.2) is 16.1 Å². The number of H-pyrrole nitrogens is 1. The highest BCUT2D eigenvalue weighted by Gasteiger charge is 2.26. The number of amides is 1. The molecule has 3 aromatic rings. The molecule has 0 atom stereocenters. The van der Waals surface area contributed by atoms with Crippen LogP contribution in [-0.2, 0) is 4.79 Å². The molecule has 1 aromatic heterocycles. The summed E-state index contributed by atoms with van der Waals surface area (Å²) >= 11 is 0. The summed E-state index contributed by atoms with van der Waals surface area (Å²) in [6.45, 7) is 0. The predicted molar refractivity (Wildman–Crippen MR) is 87.4 cm³/mol. The lowest BCUT2D eigenvalue weighted by Crippen LogP contribution is -2.28. The van der Waals surface area contributed by atoms with Crippen molar-refractivity contribution >= 4 is 22.6 Å². The van der Waals surface area contributed by atoms with Gasteiger partial charge in [-0.05, 0) is 48.2 Å². The molecular formula is C18H15F2N3O. The molecule has 0 spiro atoms. The van der Waals surface area contributed by atoms with E-state index in [9.17, 15) is 13.6 Å². The number of fused-ring (bicyclic) bond motifs is 1. The zero-order chi connectivity index (χ0) is 16.7. The summed E-state index contributed by atoms with van der Waals surface area (Å²) in [5, 5.41) is 10.7. The van der Waals surface area contributed by atoms with Crippen LogP contribution in [0.25, 0.3) is 22.0 Å². The second-order valence-electron chi connectivity index (χ2n) is 6.08. The molecule has 0 unspecified atom stereocenters. The Bertz CT molecular complexity index is 931. The third-order valence-electron chi connectivity index (χ3n) is 4.53. The standard InChI is InChI=1S/C18H15F2N3O/c19-14-7-5-11(8-15(14)20)12-4-6-13-16(9-12)22-23-17(13)21-18(24)10-2-1-3-10/h4-10H,1-3H2,(H2,21,22,23,24). The quantitative estimate of drug-likeness (QED) is 0.756. The number of hydrogen-bond acceptors (Lipinski definition) is 2. The molecule has 1 aliphatic carbocycles. The molecule has 24 heavy (non-hydrogen) atoms. The first-order valence-electron chi connectivity index (χ1n) is 7.86. The van der Waals surface area contributed by atoms with Crippen LogP contribution in [0, 0.1) is 17.6 Å². The van der Waals surface area contributed by atoms with Crippen molar-refractivity contribution in [3.05, 3.63) is 48.0 Å². The van der Waals surface area contributed by atoms with Gasteiger partial charge in [0.05, 0.1) is 5.52 Å². The second-order valence-corrected chi connectivity index (χ2v) is 6.08. The molecule has 0 aliphatic heterocycles. The molecule has 0 saturated heterocycles. The van der Waals surface area contributed by atoms with Crippen molar-refractivity contribution in [3.63, 3.8) is 0 Å². The maximum atomic E-state index is 13.4. The van der Waals surface area contributed by atoms with Gasteiger partial charge in [-0.25, -0.2) is 8.78 Å². The summed E-state index contributed by atoms with van der Waals surface area (Å²) in [6.07, 6.45) is 2.94. The lowest BCUT2D eigenvalue weighted by molar-refractivity contribution is -0.122. The Balaban J connectivity index is 1.64. The van der Waals surface area contributed by atoms with E-state index in [0.29, 0.717) is 11.4 Å². The number of anilines is 1. The SMILES string of the molecule is O=C(Nc1n[nH]c2cc(-c3ccc(F)c(F)c3)ccc12)C1CCC1. The van der Waals surface area contributed by atoms with Crippen LogP contribution in [0.1, 0.15) is 19.3 Å². The largest absolute Gasteiger partial charge is 0.308 e. The highest BCUT2D eigenvalue weighted by molar-refractivity contribution is 6.01. The van der Waals surface area contributed by atoms with E-state index in [2.05, 4.69) is 15.5 Å². The van der Waals surface area contributed by atoms with Crippen molar-refractivity contribution in [2.45, 2.75) is 19.3 Å². The fourth-order valence-corrected chi connectivity index (χ4v) is 2.86. The van der Waals surface area contributed by atoms with Crippen LogP contribution in [0.3, 0.4) is 0 Å². The molecule has 4 rings (SSSR count). The van der Waals surface area contributed by atoms with E-state index in [1.54, 1.807) is 12.1 Å². The van der Waals surface area contributed by atoms with Crippen LogP contribution in [0.4, 0.5) is 14.6 Å². The van der Waals surface area contributed by atoms with Crippen molar-refractivity contribution in [2.75, 3.05) is 5.32 Å².